The number of aromatic nitrogens is 2. The van der Waals surface area contributed by atoms with E-state index in [4.69, 9.17) is 21.1 Å². The third-order valence-electron chi connectivity index (χ3n) is 2.99. The molecule has 0 amide bonds. The lowest BCUT2D eigenvalue weighted by molar-refractivity contribution is 0.299. The van der Waals surface area contributed by atoms with Gasteiger partial charge in [0.25, 0.3) is 0 Å². The zero-order valence-electron chi connectivity index (χ0n) is 10.9. The molecule has 0 atom stereocenters. The Hall–Kier alpha value is -2.20. The minimum atomic E-state index is 0.424. The summed E-state index contributed by atoms with van der Waals surface area (Å²) in [5, 5.41) is 0.668. The van der Waals surface area contributed by atoms with Gasteiger partial charge in [0.05, 0.1) is 24.0 Å². The van der Waals surface area contributed by atoms with Gasteiger partial charge in [0.1, 0.15) is 23.8 Å². The summed E-state index contributed by atoms with van der Waals surface area (Å²) in [6.45, 7) is 0.424. The van der Waals surface area contributed by atoms with Crippen LogP contribution in [0.15, 0.2) is 48.8 Å². The van der Waals surface area contributed by atoms with E-state index in [0.717, 1.165) is 22.8 Å². The van der Waals surface area contributed by atoms with Crippen LogP contribution in [0.3, 0.4) is 0 Å². The summed E-state index contributed by atoms with van der Waals surface area (Å²) in [5.41, 5.74) is 1.79. The predicted molar refractivity (Wildman–Crippen MR) is 77.5 cm³/mol. The fourth-order valence-corrected chi connectivity index (χ4v) is 2.10. The molecule has 0 aliphatic heterocycles. The van der Waals surface area contributed by atoms with E-state index in [9.17, 15) is 0 Å². The lowest BCUT2D eigenvalue weighted by Gasteiger charge is -2.07. The first kappa shape index (κ1) is 12.8. The van der Waals surface area contributed by atoms with Crippen LogP contribution < -0.4 is 9.47 Å². The molecule has 3 rings (SSSR count). The second-order valence-corrected chi connectivity index (χ2v) is 4.73. The quantitative estimate of drug-likeness (QED) is 0.736. The summed E-state index contributed by atoms with van der Waals surface area (Å²) in [6, 6.07) is 11.2. The monoisotopic (exact) mass is 288 g/mol. The number of benzene rings is 1. The van der Waals surface area contributed by atoms with E-state index in [1.165, 1.54) is 0 Å². The van der Waals surface area contributed by atoms with E-state index >= 15 is 0 Å². The molecular weight excluding hydrogens is 276 g/mol. The van der Waals surface area contributed by atoms with E-state index in [0.29, 0.717) is 11.6 Å². The molecular formula is C15H13ClN2O2. The van der Waals surface area contributed by atoms with E-state index in [1.54, 1.807) is 13.3 Å². The zero-order valence-corrected chi connectivity index (χ0v) is 11.7. The van der Waals surface area contributed by atoms with Crippen molar-refractivity contribution < 1.29 is 9.47 Å². The van der Waals surface area contributed by atoms with E-state index in [2.05, 4.69) is 4.98 Å². The fourth-order valence-electron chi connectivity index (χ4n) is 1.94. The Labute approximate surface area is 121 Å². The zero-order chi connectivity index (χ0) is 13.9. The Morgan fingerprint density at radius 1 is 1.10 bits per heavy atom. The molecule has 0 saturated heterocycles. The van der Waals surface area contributed by atoms with Crippen LogP contribution in [0.2, 0.25) is 5.02 Å². The van der Waals surface area contributed by atoms with Gasteiger partial charge in [0, 0.05) is 6.20 Å². The molecule has 1 aromatic carbocycles. The van der Waals surface area contributed by atoms with Gasteiger partial charge in [0.2, 0.25) is 0 Å². The number of nitrogens with zero attached hydrogens (tertiary/aromatic N) is 2. The Bertz CT molecular complexity index is 722. The maximum atomic E-state index is 5.99. The van der Waals surface area contributed by atoms with Crippen molar-refractivity contribution in [2.75, 3.05) is 7.11 Å². The molecule has 0 bridgehead atoms. The Morgan fingerprint density at radius 3 is 2.60 bits per heavy atom. The van der Waals surface area contributed by atoms with Crippen LogP contribution in [0.25, 0.3) is 5.65 Å². The molecule has 3 aromatic rings. The second kappa shape index (κ2) is 5.43. The first-order chi connectivity index (χ1) is 9.76. The Balaban J connectivity index is 1.77. The fraction of sp³-hybridized carbons (Fsp3) is 0.133. The minimum absolute atomic E-state index is 0.424. The molecule has 4 nitrogen and oxygen atoms in total. The number of methoxy groups -OCH3 is 1. The molecule has 5 heteroatoms. The topological polar surface area (TPSA) is 35.8 Å². The van der Waals surface area contributed by atoms with Crippen molar-refractivity contribution >= 4 is 17.2 Å². The number of rotatable bonds is 4. The smallest absolute Gasteiger partial charge is 0.137 e. The van der Waals surface area contributed by atoms with E-state index < -0.39 is 0 Å². The average molecular weight is 289 g/mol. The average Bonchev–Trinajstić information content (AvgIpc) is 2.88. The Morgan fingerprint density at radius 2 is 1.85 bits per heavy atom. The normalized spacial score (nSPS) is 10.7. The SMILES string of the molecule is COc1ccc(OCc2cnc3ccc(Cl)cn23)cc1. The van der Waals surface area contributed by atoms with E-state index in [-0.39, 0.29) is 0 Å². The van der Waals surface area contributed by atoms with E-state index in [1.807, 2.05) is 47.0 Å². The number of pyridine rings is 1. The van der Waals surface area contributed by atoms with Crippen molar-refractivity contribution in [3.8, 4) is 11.5 Å². The van der Waals surface area contributed by atoms with Gasteiger partial charge >= 0.3 is 0 Å². The maximum Gasteiger partial charge on any atom is 0.137 e. The largest absolute Gasteiger partial charge is 0.497 e. The van der Waals surface area contributed by atoms with Crippen LogP contribution in [0.4, 0.5) is 0 Å². The summed E-state index contributed by atoms with van der Waals surface area (Å²) in [4.78, 5) is 4.30. The highest BCUT2D eigenvalue weighted by Crippen LogP contribution is 2.19. The number of halogens is 1. The number of imidazole rings is 1. The van der Waals surface area contributed by atoms with Crippen molar-refractivity contribution in [2.45, 2.75) is 6.61 Å². The Kier molecular flexibility index (Phi) is 3.48. The molecule has 0 N–H and O–H groups in total. The van der Waals surface area contributed by atoms with Crippen molar-refractivity contribution in [1.82, 2.24) is 9.38 Å². The van der Waals surface area contributed by atoms with Gasteiger partial charge in [-0.15, -0.1) is 0 Å². The van der Waals surface area contributed by atoms with Crippen LogP contribution >= 0.6 is 11.6 Å². The maximum absolute atomic E-state index is 5.99. The summed E-state index contributed by atoms with van der Waals surface area (Å²) in [7, 11) is 1.64. The molecule has 0 aliphatic rings. The number of fused-ring (bicyclic) bond motifs is 1. The van der Waals surface area contributed by atoms with Crippen LogP contribution in [0.5, 0.6) is 11.5 Å². The lowest BCUT2D eigenvalue weighted by Crippen LogP contribution is -1.99. The third kappa shape index (κ3) is 2.56. The van der Waals surface area contributed by atoms with Crippen molar-refractivity contribution in [1.29, 1.82) is 0 Å². The summed E-state index contributed by atoms with van der Waals surface area (Å²) >= 11 is 5.99. The first-order valence-electron chi connectivity index (χ1n) is 6.14. The lowest BCUT2D eigenvalue weighted by atomic mass is 10.3. The third-order valence-corrected chi connectivity index (χ3v) is 3.22. The molecule has 2 aromatic heterocycles. The van der Waals surface area contributed by atoms with Crippen molar-refractivity contribution in [2.24, 2.45) is 0 Å². The van der Waals surface area contributed by atoms with Crippen LogP contribution in [0.1, 0.15) is 5.69 Å². The van der Waals surface area contributed by atoms with Gasteiger partial charge in [-0.05, 0) is 36.4 Å². The highest BCUT2D eigenvalue weighted by Gasteiger charge is 2.04. The highest BCUT2D eigenvalue weighted by atomic mass is 35.5. The van der Waals surface area contributed by atoms with Gasteiger partial charge in [0.15, 0.2) is 0 Å². The summed E-state index contributed by atoms with van der Waals surface area (Å²) < 4.78 is 12.8. The molecule has 20 heavy (non-hydrogen) atoms. The van der Waals surface area contributed by atoms with Crippen LogP contribution in [-0.4, -0.2) is 16.5 Å². The summed E-state index contributed by atoms with van der Waals surface area (Å²) in [6.07, 6.45) is 3.62. The highest BCUT2D eigenvalue weighted by molar-refractivity contribution is 6.30. The number of hydrogen-bond donors (Lipinski definition) is 0. The van der Waals surface area contributed by atoms with Gasteiger partial charge in [-0.2, -0.15) is 0 Å². The number of hydrogen-bond acceptors (Lipinski definition) is 3. The molecule has 0 fully saturated rings. The minimum Gasteiger partial charge on any atom is -0.497 e. The molecule has 0 unspecified atom stereocenters. The predicted octanol–water partition coefficient (Wildman–Crippen LogP) is 3.58. The summed E-state index contributed by atoms with van der Waals surface area (Å²) in [5.74, 6) is 1.58. The molecule has 0 radical (unpaired) electrons. The van der Waals surface area contributed by atoms with Gasteiger partial charge in [-0.3, -0.25) is 4.40 Å². The first-order valence-corrected chi connectivity index (χ1v) is 6.52. The van der Waals surface area contributed by atoms with Gasteiger partial charge in [-0.25, -0.2) is 4.98 Å². The standard InChI is InChI=1S/C15H13ClN2O2/c1-19-13-3-5-14(6-4-13)20-10-12-8-17-15-7-2-11(16)9-18(12)15/h2-9H,10H2,1H3. The second-order valence-electron chi connectivity index (χ2n) is 4.29. The molecule has 102 valence electrons. The van der Waals surface area contributed by atoms with Crippen LogP contribution in [0, 0.1) is 0 Å². The molecule has 0 saturated carbocycles. The van der Waals surface area contributed by atoms with Crippen molar-refractivity contribution in [3.05, 3.63) is 59.5 Å². The van der Waals surface area contributed by atoms with Gasteiger partial charge < -0.3 is 9.47 Å². The van der Waals surface area contributed by atoms with Crippen LogP contribution in [-0.2, 0) is 6.61 Å². The molecule has 0 spiro atoms. The van der Waals surface area contributed by atoms with Gasteiger partial charge in [-0.1, -0.05) is 11.6 Å². The number of ether oxygens (including phenoxy) is 2. The molecule has 2 heterocycles. The van der Waals surface area contributed by atoms with Crippen molar-refractivity contribution in [3.63, 3.8) is 0 Å². The molecule has 0 aliphatic carbocycles.